The van der Waals surface area contributed by atoms with Gasteiger partial charge in [-0.05, 0) is 24.3 Å². The molecule has 1 saturated heterocycles. The first kappa shape index (κ1) is 28.4. The number of amidine groups is 2. The second kappa shape index (κ2) is 12.0. The number of ketones is 1. The van der Waals surface area contributed by atoms with Crippen LogP contribution in [0, 0.1) is 0 Å². The summed E-state index contributed by atoms with van der Waals surface area (Å²) in [6, 6.07) is 14.1. The highest BCUT2D eigenvalue weighted by atomic mass is 79.9. The van der Waals surface area contributed by atoms with Gasteiger partial charge in [-0.3, -0.25) is 28.9 Å². The Morgan fingerprint density at radius 1 is 0.974 bits per heavy atom. The summed E-state index contributed by atoms with van der Waals surface area (Å²) in [5.41, 5.74) is -0.247. The van der Waals surface area contributed by atoms with Crippen molar-refractivity contribution in [3.8, 4) is 0 Å². The van der Waals surface area contributed by atoms with Crippen molar-refractivity contribution in [3.63, 3.8) is 0 Å². The first-order chi connectivity index (χ1) is 18.0. The number of Topliss-reactive ketones (excluding diaryl/α,β-unsaturated/α-hetero) is 1. The largest absolute Gasteiger partial charge is 0.366 e. The van der Waals surface area contributed by atoms with Gasteiger partial charge in [0.15, 0.2) is 21.8 Å². The highest BCUT2D eigenvalue weighted by Crippen LogP contribution is 2.41. The fourth-order valence-corrected chi connectivity index (χ4v) is 6.02. The van der Waals surface area contributed by atoms with E-state index < -0.39 is 29.4 Å². The van der Waals surface area contributed by atoms with Gasteiger partial charge in [0, 0.05) is 20.1 Å². The number of carbonyl (C=O) groups excluding carboxylic acids is 5. The summed E-state index contributed by atoms with van der Waals surface area (Å²) in [4.78, 5) is 66.0. The zero-order chi connectivity index (χ0) is 27.4. The van der Waals surface area contributed by atoms with E-state index in [1.54, 1.807) is 48.5 Å². The van der Waals surface area contributed by atoms with E-state index in [1.165, 1.54) is 16.7 Å². The number of benzene rings is 2. The van der Waals surface area contributed by atoms with E-state index >= 15 is 0 Å². The number of hydrogen-bond donors (Lipinski definition) is 2. The Morgan fingerprint density at radius 3 is 2.21 bits per heavy atom. The van der Waals surface area contributed by atoms with Crippen LogP contribution in [0.15, 0.2) is 67.5 Å². The molecule has 3 aliphatic heterocycles. The predicted octanol–water partition coefficient (Wildman–Crippen LogP) is 3.22. The molecular formula is C24H18Br2N4O6S2. The number of nitrogens with one attached hydrogen (secondary N) is 1. The minimum Gasteiger partial charge on any atom is -0.366 e. The minimum absolute atomic E-state index is 0.0903. The molecule has 0 radical (unpaired) electrons. The first-order valence-corrected chi connectivity index (χ1v) is 14.5. The highest BCUT2D eigenvalue weighted by Gasteiger charge is 2.50. The smallest absolute Gasteiger partial charge is 0.257 e. The average Bonchev–Trinajstić information content (AvgIpc) is 3.21. The van der Waals surface area contributed by atoms with Crippen molar-refractivity contribution in [2.75, 3.05) is 11.5 Å². The Balaban J connectivity index is 0.000000177. The quantitative estimate of drug-likeness (QED) is 0.370. The van der Waals surface area contributed by atoms with E-state index in [2.05, 4.69) is 47.2 Å². The SMILES string of the molecule is O=C1CC(=O)N2C(=N1)SCC2(O)c1ccc(Br)cc1.O=C1CC(=O)NC(SCC(=O)c2ccc(Br)cc2)=N1. The fraction of sp³-hybridized carbons (Fsp3) is 0.208. The summed E-state index contributed by atoms with van der Waals surface area (Å²) < 4.78 is 1.78. The average molecular weight is 682 g/mol. The maximum atomic E-state index is 12.0. The molecule has 196 valence electrons. The van der Waals surface area contributed by atoms with Gasteiger partial charge in [-0.25, -0.2) is 0 Å². The second-order valence-corrected chi connectivity index (χ2v) is 11.8. The summed E-state index contributed by atoms with van der Waals surface area (Å²) in [5, 5.41) is 13.7. The normalized spacial score (nSPS) is 20.7. The van der Waals surface area contributed by atoms with Crippen LogP contribution in [0.5, 0.6) is 0 Å². The second-order valence-electron chi connectivity index (χ2n) is 8.06. The van der Waals surface area contributed by atoms with Gasteiger partial charge in [-0.1, -0.05) is 79.6 Å². The van der Waals surface area contributed by atoms with Crippen LogP contribution in [-0.4, -0.2) is 61.3 Å². The van der Waals surface area contributed by atoms with Crippen LogP contribution < -0.4 is 5.32 Å². The molecule has 2 aromatic carbocycles. The first-order valence-electron chi connectivity index (χ1n) is 10.9. The topological polar surface area (TPSA) is 146 Å². The lowest BCUT2D eigenvalue weighted by molar-refractivity contribution is -0.147. The van der Waals surface area contributed by atoms with Gasteiger partial charge in [0.05, 0.1) is 11.5 Å². The van der Waals surface area contributed by atoms with E-state index in [9.17, 15) is 29.1 Å². The fourth-order valence-electron chi connectivity index (χ4n) is 3.53. The Kier molecular flexibility index (Phi) is 8.98. The zero-order valence-electron chi connectivity index (χ0n) is 19.3. The number of carbonyl (C=O) groups is 5. The number of nitrogens with zero attached hydrogens (tertiary/aromatic N) is 3. The van der Waals surface area contributed by atoms with Gasteiger partial charge in [-0.2, -0.15) is 9.98 Å². The predicted molar refractivity (Wildman–Crippen MR) is 151 cm³/mol. The third-order valence-corrected chi connectivity index (χ3v) is 8.34. The van der Waals surface area contributed by atoms with E-state index in [0.29, 0.717) is 11.1 Å². The number of thioether (sulfide) groups is 2. The number of halogens is 2. The molecule has 0 saturated carbocycles. The Labute approximate surface area is 242 Å². The standard InChI is InChI=1S/2C12H9BrN2O3S/c13-8-3-1-7(2-4-8)12(18)6-19-11-14-9(16)5-10(17)15(11)12;13-8-3-1-7(2-4-8)9(16)6-19-12-14-10(17)5-11(18)15-12/h1-4,18H,5-6H2;1-4H,5-6H2,(H,14,15,17,18). The number of hydrogen-bond acceptors (Lipinski definition) is 8. The molecule has 0 aromatic heterocycles. The molecule has 0 bridgehead atoms. The molecule has 4 amide bonds. The lowest BCUT2D eigenvalue weighted by Gasteiger charge is -2.33. The third kappa shape index (κ3) is 6.67. The van der Waals surface area contributed by atoms with Crippen molar-refractivity contribution in [1.29, 1.82) is 0 Å². The summed E-state index contributed by atoms with van der Waals surface area (Å²) in [7, 11) is 0. The van der Waals surface area contributed by atoms with Crippen LogP contribution >= 0.6 is 55.4 Å². The van der Waals surface area contributed by atoms with E-state index in [0.717, 1.165) is 20.7 Å². The Bertz CT molecular complexity index is 1380. The van der Waals surface area contributed by atoms with E-state index in [-0.39, 0.29) is 40.5 Å². The van der Waals surface area contributed by atoms with Crippen LogP contribution in [0.4, 0.5) is 0 Å². The molecule has 3 aliphatic rings. The van der Waals surface area contributed by atoms with E-state index in [4.69, 9.17) is 0 Å². The highest BCUT2D eigenvalue weighted by molar-refractivity contribution is 9.10. The van der Waals surface area contributed by atoms with Crippen molar-refractivity contribution >= 4 is 95.1 Å². The number of aliphatic imine (C=N–C) groups is 2. The van der Waals surface area contributed by atoms with Crippen LogP contribution in [0.2, 0.25) is 0 Å². The van der Waals surface area contributed by atoms with Gasteiger partial charge < -0.3 is 10.4 Å². The van der Waals surface area contributed by atoms with Crippen LogP contribution in [0.3, 0.4) is 0 Å². The molecule has 1 atom stereocenters. The molecule has 10 nitrogen and oxygen atoms in total. The Hall–Kier alpha value is -2.65. The van der Waals surface area contributed by atoms with Crippen molar-refractivity contribution in [2.45, 2.75) is 18.6 Å². The summed E-state index contributed by atoms with van der Waals surface area (Å²) in [6.07, 6.45) is -0.520. The van der Waals surface area contributed by atoms with Crippen LogP contribution in [0.25, 0.3) is 0 Å². The molecule has 0 spiro atoms. The van der Waals surface area contributed by atoms with Crippen LogP contribution in [-0.2, 0) is 24.9 Å². The van der Waals surface area contributed by atoms with Crippen LogP contribution in [0.1, 0.15) is 28.8 Å². The van der Waals surface area contributed by atoms with Gasteiger partial charge in [-0.15, -0.1) is 0 Å². The zero-order valence-corrected chi connectivity index (χ0v) is 24.2. The molecular weight excluding hydrogens is 664 g/mol. The third-order valence-electron chi connectivity index (χ3n) is 5.33. The number of fused-ring (bicyclic) bond motifs is 1. The van der Waals surface area contributed by atoms with E-state index in [1.807, 2.05) is 0 Å². The molecule has 0 aliphatic carbocycles. The van der Waals surface area contributed by atoms with Crippen molar-refractivity contribution in [2.24, 2.45) is 9.98 Å². The molecule has 1 fully saturated rings. The molecule has 14 heteroatoms. The lowest BCUT2D eigenvalue weighted by Crippen LogP contribution is -2.50. The van der Waals surface area contributed by atoms with Gasteiger partial charge in [0.25, 0.3) is 11.8 Å². The van der Waals surface area contributed by atoms with Crippen molar-refractivity contribution < 1.29 is 29.1 Å². The number of rotatable bonds is 4. The summed E-state index contributed by atoms with van der Waals surface area (Å²) in [5.74, 6) is -1.44. The molecule has 5 rings (SSSR count). The van der Waals surface area contributed by atoms with Crippen molar-refractivity contribution in [3.05, 3.63) is 68.6 Å². The van der Waals surface area contributed by atoms with Crippen molar-refractivity contribution in [1.82, 2.24) is 10.2 Å². The van der Waals surface area contributed by atoms with Gasteiger partial charge in [0.2, 0.25) is 11.8 Å². The number of amides is 4. The molecule has 2 N–H and O–H groups in total. The minimum atomic E-state index is -1.43. The molecule has 1 unspecified atom stereocenters. The maximum absolute atomic E-state index is 12.0. The summed E-state index contributed by atoms with van der Waals surface area (Å²) >= 11 is 8.87. The molecule has 3 heterocycles. The summed E-state index contributed by atoms with van der Waals surface area (Å²) in [6.45, 7) is 0. The lowest BCUT2D eigenvalue weighted by atomic mass is 10.0. The molecule has 2 aromatic rings. The number of aliphatic hydroxyl groups is 1. The monoisotopic (exact) mass is 680 g/mol. The van der Waals surface area contributed by atoms with Gasteiger partial charge in [0.1, 0.15) is 12.8 Å². The Morgan fingerprint density at radius 2 is 1.58 bits per heavy atom. The molecule has 38 heavy (non-hydrogen) atoms. The maximum Gasteiger partial charge on any atom is 0.257 e. The van der Waals surface area contributed by atoms with Gasteiger partial charge >= 0.3 is 0 Å².